The van der Waals surface area contributed by atoms with E-state index >= 15 is 0 Å². The fraction of sp³-hybridized carbons (Fsp3) is 0.292. The largest absolute Gasteiger partial charge is 0.339 e. The first-order chi connectivity index (χ1) is 14.0. The number of rotatable bonds is 3. The minimum atomic E-state index is 0.0714. The van der Waals surface area contributed by atoms with Crippen LogP contribution in [-0.2, 0) is 16.0 Å². The highest BCUT2D eigenvalue weighted by molar-refractivity contribution is 5.95. The number of carbonyl (C=O) groups excluding carboxylic acids is 2. The zero-order valence-corrected chi connectivity index (χ0v) is 16.9. The molecule has 0 bridgehead atoms. The SMILES string of the molecule is CC(=O)N1CCN(C(=O)Cc2ccc3c(-c4ccccc4C)ccnc3c2)CC1. The molecule has 0 N–H and O–H groups in total. The number of aryl methyl sites for hydroxylation is 1. The van der Waals surface area contributed by atoms with Gasteiger partial charge in [-0.2, -0.15) is 0 Å². The number of hydrogen-bond donors (Lipinski definition) is 0. The number of amides is 2. The molecule has 2 heterocycles. The van der Waals surface area contributed by atoms with Crippen molar-refractivity contribution in [3.8, 4) is 11.1 Å². The Balaban J connectivity index is 1.54. The van der Waals surface area contributed by atoms with Gasteiger partial charge >= 0.3 is 0 Å². The number of nitrogens with zero attached hydrogens (tertiary/aromatic N) is 3. The number of carbonyl (C=O) groups is 2. The average Bonchev–Trinajstić information content (AvgIpc) is 2.73. The fourth-order valence-corrected chi connectivity index (χ4v) is 3.97. The number of benzene rings is 2. The van der Waals surface area contributed by atoms with E-state index in [9.17, 15) is 9.59 Å². The molecule has 0 atom stereocenters. The van der Waals surface area contributed by atoms with Gasteiger partial charge in [0.15, 0.2) is 0 Å². The van der Waals surface area contributed by atoms with Crippen LogP contribution in [0.3, 0.4) is 0 Å². The molecule has 0 radical (unpaired) electrons. The van der Waals surface area contributed by atoms with Crippen molar-refractivity contribution >= 4 is 22.7 Å². The minimum absolute atomic E-state index is 0.0714. The first-order valence-corrected chi connectivity index (χ1v) is 10.00. The second-order valence-corrected chi connectivity index (χ2v) is 7.59. The maximum atomic E-state index is 12.7. The third kappa shape index (κ3) is 3.99. The summed E-state index contributed by atoms with van der Waals surface area (Å²) in [4.78, 5) is 32.3. The Hall–Kier alpha value is -3.21. The molecule has 3 aromatic rings. The molecule has 1 aromatic heterocycles. The lowest BCUT2D eigenvalue weighted by atomic mass is 9.96. The highest BCUT2D eigenvalue weighted by atomic mass is 16.2. The number of pyridine rings is 1. The molecule has 2 amide bonds. The van der Waals surface area contributed by atoms with Crippen molar-refractivity contribution in [1.29, 1.82) is 0 Å². The van der Waals surface area contributed by atoms with Crippen LogP contribution in [0.25, 0.3) is 22.0 Å². The van der Waals surface area contributed by atoms with Crippen molar-refractivity contribution in [2.24, 2.45) is 0 Å². The monoisotopic (exact) mass is 387 g/mol. The predicted octanol–water partition coefficient (Wildman–Crippen LogP) is 3.44. The second kappa shape index (κ2) is 8.03. The fourth-order valence-electron chi connectivity index (χ4n) is 3.97. The molecule has 148 valence electrons. The lowest BCUT2D eigenvalue weighted by Gasteiger charge is -2.34. The molecule has 1 aliphatic rings. The van der Waals surface area contributed by atoms with Gasteiger partial charge in [0.05, 0.1) is 11.9 Å². The van der Waals surface area contributed by atoms with Gasteiger partial charge in [0.25, 0.3) is 0 Å². The predicted molar refractivity (Wildman–Crippen MR) is 114 cm³/mol. The second-order valence-electron chi connectivity index (χ2n) is 7.59. The molecule has 4 rings (SSSR count). The maximum Gasteiger partial charge on any atom is 0.227 e. The van der Waals surface area contributed by atoms with Gasteiger partial charge in [-0.3, -0.25) is 14.6 Å². The van der Waals surface area contributed by atoms with Gasteiger partial charge in [-0.15, -0.1) is 0 Å². The first kappa shape index (κ1) is 19.1. The van der Waals surface area contributed by atoms with Gasteiger partial charge < -0.3 is 9.80 Å². The van der Waals surface area contributed by atoms with Crippen LogP contribution in [0.2, 0.25) is 0 Å². The molecule has 5 nitrogen and oxygen atoms in total. The summed E-state index contributed by atoms with van der Waals surface area (Å²) >= 11 is 0. The number of hydrogen-bond acceptors (Lipinski definition) is 3. The molecular formula is C24H25N3O2. The van der Waals surface area contributed by atoms with Crippen LogP contribution in [0.1, 0.15) is 18.1 Å². The van der Waals surface area contributed by atoms with E-state index in [0.717, 1.165) is 22.0 Å². The molecule has 1 fully saturated rings. The van der Waals surface area contributed by atoms with Crippen molar-refractivity contribution in [3.63, 3.8) is 0 Å². The van der Waals surface area contributed by atoms with E-state index in [4.69, 9.17) is 0 Å². The van der Waals surface area contributed by atoms with Crippen LogP contribution >= 0.6 is 0 Å². The number of piperazine rings is 1. The molecule has 0 unspecified atom stereocenters. The Labute approximate surface area is 171 Å². The molecule has 0 spiro atoms. The Kier molecular flexibility index (Phi) is 5.30. The maximum absolute atomic E-state index is 12.7. The van der Waals surface area contributed by atoms with Crippen LogP contribution in [0, 0.1) is 6.92 Å². The molecule has 2 aromatic carbocycles. The summed E-state index contributed by atoms with van der Waals surface area (Å²) in [6.07, 6.45) is 2.18. The van der Waals surface area contributed by atoms with Crippen molar-refractivity contribution in [3.05, 3.63) is 65.9 Å². The summed E-state index contributed by atoms with van der Waals surface area (Å²) in [5, 5.41) is 1.09. The first-order valence-electron chi connectivity index (χ1n) is 10.00. The third-order valence-electron chi connectivity index (χ3n) is 5.68. The topological polar surface area (TPSA) is 53.5 Å². The van der Waals surface area contributed by atoms with Crippen LogP contribution in [0.4, 0.5) is 0 Å². The molecule has 5 heteroatoms. The van der Waals surface area contributed by atoms with E-state index in [1.165, 1.54) is 11.1 Å². The highest BCUT2D eigenvalue weighted by Crippen LogP contribution is 2.30. The standard InChI is InChI=1S/C24H25N3O2/c1-17-5-3-4-6-20(17)21-9-10-25-23-15-19(7-8-22(21)23)16-24(29)27-13-11-26(12-14-27)18(2)28/h3-10,15H,11-14,16H2,1-2H3. The van der Waals surface area contributed by atoms with Crippen LogP contribution in [0.15, 0.2) is 54.7 Å². The summed E-state index contributed by atoms with van der Waals surface area (Å²) < 4.78 is 0. The van der Waals surface area contributed by atoms with Crippen LogP contribution < -0.4 is 0 Å². The normalized spacial score (nSPS) is 14.3. The minimum Gasteiger partial charge on any atom is -0.339 e. The summed E-state index contributed by atoms with van der Waals surface area (Å²) in [5.41, 5.74) is 5.45. The summed E-state index contributed by atoms with van der Waals surface area (Å²) in [7, 11) is 0. The number of aromatic nitrogens is 1. The summed E-state index contributed by atoms with van der Waals surface area (Å²) in [6.45, 7) is 6.11. The van der Waals surface area contributed by atoms with E-state index in [-0.39, 0.29) is 11.8 Å². The lowest BCUT2D eigenvalue weighted by Crippen LogP contribution is -2.50. The summed E-state index contributed by atoms with van der Waals surface area (Å²) in [6, 6.07) is 16.5. The smallest absolute Gasteiger partial charge is 0.227 e. The van der Waals surface area contributed by atoms with E-state index in [1.54, 1.807) is 11.8 Å². The third-order valence-corrected chi connectivity index (χ3v) is 5.68. The molecule has 0 saturated carbocycles. The Morgan fingerprint density at radius 3 is 2.38 bits per heavy atom. The quantitative estimate of drug-likeness (QED) is 0.692. The molecular weight excluding hydrogens is 362 g/mol. The van der Waals surface area contributed by atoms with E-state index < -0.39 is 0 Å². The van der Waals surface area contributed by atoms with Crippen LogP contribution in [0.5, 0.6) is 0 Å². The van der Waals surface area contributed by atoms with Gasteiger partial charge in [-0.1, -0.05) is 36.4 Å². The molecule has 1 aliphatic heterocycles. The highest BCUT2D eigenvalue weighted by Gasteiger charge is 2.22. The van der Waals surface area contributed by atoms with Gasteiger partial charge in [0.2, 0.25) is 11.8 Å². The van der Waals surface area contributed by atoms with Gasteiger partial charge in [0.1, 0.15) is 0 Å². The molecule has 0 aliphatic carbocycles. The molecule has 29 heavy (non-hydrogen) atoms. The van der Waals surface area contributed by atoms with Gasteiger partial charge in [-0.05, 0) is 41.3 Å². The Bertz CT molecular complexity index is 1070. The Morgan fingerprint density at radius 2 is 1.66 bits per heavy atom. The van der Waals surface area contributed by atoms with Crippen molar-refractivity contribution < 1.29 is 9.59 Å². The van der Waals surface area contributed by atoms with E-state index in [0.29, 0.717) is 32.6 Å². The van der Waals surface area contributed by atoms with E-state index in [2.05, 4.69) is 30.1 Å². The van der Waals surface area contributed by atoms with Crippen molar-refractivity contribution in [2.45, 2.75) is 20.3 Å². The molecule has 1 saturated heterocycles. The van der Waals surface area contributed by atoms with Crippen molar-refractivity contribution in [1.82, 2.24) is 14.8 Å². The van der Waals surface area contributed by atoms with Gasteiger partial charge in [-0.25, -0.2) is 0 Å². The average molecular weight is 387 g/mol. The lowest BCUT2D eigenvalue weighted by molar-refractivity contribution is -0.138. The number of fused-ring (bicyclic) bond motifs is 1. The van der Waals surface area contributed by atoms with Crippen LogP contribution in [-0.4, -0.2) is 52.8 Å². The van der Waals surface area contributed by atoms with Crippen molar-refractivity contribution in [2.75, 3.05) is 26.2 Å². The van der Waals surface area contributed by atoms with Gasteiger partial charge in [0, 0.05) is 44.7 Å². The Morgan fingerprint density at radius 1 is 0.931 bits per heavy atom. The zero-order chi connectivity index (χ0) is 20.4. The zero-order valence-electron chi connectivity index (χ0n) is 16.9. The van der Waals surface area contributed by atoms with E-state index in [1.807, 2.05) is 41.4 Å². The summed E-state index contributed by atoms with van der Waals surface area (Å²) in [5.74, 6) is 0.171.